The van der Waals surface area contributed by atoms with Gasteiger partial charge in [0.15, 0.2) is 6.29 Å². The van der Waals surface area contributed by atoms with Crippen molar-refractivity contribution in [3.8, 4) is 16.9 Å². The van der Waals surface area contributed by atoms with Gasteiger partial charge in [0, 0.05) is 18.0 Å². The molecule has 0 spiro atoms. The highest BCUT2D eigenvalue weighted by atomic mass is 16.5. The molecular formula is C14H14N2O2. The Morgan fingerprint density at radius 3 is 2.56 bits per heavy atom. The summed E-state index contributed by atoms with van der Waals surface area (Å²) in [5, 5.41) is 0. The summed E-state index contributed by atoms with van der Waals surface area (Å²) in [6.07, 6.45) is 4.28. The molecule has 0 saturated heterocycles. The van der Waals surface area contributed by atoms with Crippen LogP contribution in [-0.2, 0) is 0 Å². The second kappa shape index (κ2) is 5.40. The summed E-state index contributed by atoms with van der Waals surface area (Å²) >= 11 is 0. The zero-order valence-electron chi connectivity index (χ0n) is 10.4. The molecule has 92 valence electrons. The van der Waals surface area contributed by atoms with Gasteiger partial charge in [0.05, 0.1) is 12.2 Å². The Morgan fingerprint density at radius 1 is 1.22 bits per heavy atom. The average Bonchev–Trinajstić information content (AvgIpc) is 2.40. The third kappa shape index (κ3) is 2.53. The minimum absolute atomic E-state index is 0.536. The van der Waals surface area contributed by atoms with Crippen molar-refractivity contribution in [2.45, 2.75) is 13.8 Å². The predicted octanol–water partition coefficient (Wildman–Crippen LogP) is 2.66. The van der Waals surface area contributed by atoms with E-state index in [0.717, 1.165) is 23.2 Å². The van der Waals surface area contributed by atoms with Crippen LogP contribution in [0.5, 0.6) is 5.75 Å². The third-order valence-electron chi connectivity index (χ3n) is 2.55. The van der Waals surface area contributed by atoms with Crippen LogP contribution in [0, 0.1) is 6.92 Å². The molecule has 0 atom stereocenters. The second-order valence-electron chi connectivity index (χ2n) is 3.82. The van der Waals surface area contributed by atoms with Crippen molar-refractivity contribution in [2.24, 2.45) is 0 Å². The first-order valence-corrected chi connectivity index (χ1v) is 5.75. The van der Waals surface area contributed by atoms with Crippen LogP contribution in [0.2, 0.25) is 0 Å². The van der Waals surface area contributed by atoms with Crippen LogP contribution in [0.1, 0.15) is 23.1 Å². The molecule has 0 aliphatic rings. The van der Waals surface area contributed by atoms with Crippen LogP contribution in [-0.4, -0.2) is 22.9 Å². The van der Waals surface area contributed by atoms with Crippen molar-refractivity contribution in [2.75, 3.05) is 6.61 Å². The van der Waals surface area contributed by atoms with Gasteiger partial charge in [-0.3, -0.25) is 4.79 Å². The molecular weight excluding hydrogens is 228 g/mol. The molecule has 0 amide bonds. The topological polar surface area (TPSA) is 52.1 Å². The maximum Gasteiger partial charge on any atom is 0.153 e. The number of aldehydes is 1. The smallest absolute Gasteiger partial charge is 0.153 e. The van der Waals surface area contributed by atoms with Crippen LogP contribution in [0.3, 0.4) is 0 Å². The lowest BCUT2D eigenvalue weighted by molar-refractivity contribution is 0.112. The van der Waals surface area contributed by atoms with Gasteiger partial charge < -0.3 is 4.74 Å². The SMILES string of the molecule is CCOc1ccc(-c2cnc(C)nc2)cc1C=O. The van der Waals surface area contributed by atoms with Gasteiger partial charge in [-0.15, -0.1) is 0 Å². The molecule has 0 bridgehead atoms. The number of carbonyl (C=O) groups is 1. The Labute approximate surface area is 106 Å². The van der Waals surface area contributed by atoms with Crippen LogP contribution in [0.15, 0.2) is 30.6 Å². The maximum absolute atomic E-state index is 11.0. The van der Waals surface area contributed by atoms with E-state index in [1.807, 2.05) is 19.9 Å². The second-order valence-corrected chi connectivity index (χ2v) is 3.82. The molecule has 0 aliphatic heterocycles. The highest BCUT2D eigenvalue weighted by molar-refractivity contribution is 5.82. The fraction of sp³-hybridized carbons (Fsp3) is 0.214. The molecule has 0 unspecified atom stereocenters. The Kier molecular flexibility index (Phi) is 3.67. The van der Waals surface area contributed by atoms with E-state index in [1.165, 1.54) is 0 Å². The quantitative estimate of drug-likeness (QED) is 0.773. The predicted molar refractivity (Wildman–Crippen MR) is 68.8 cm³/mol. The fourth-order valence-electron chi connectivity index (χ4n) is 1.65. The fourth-order valence-corrected chi connectivity index (χ4v) is 1.65. The normalized spacial score (nSPS) is 10.1. The monoisotopic (exact) mass is 242 g/mol. The Balaban J connectivity index is 2.40. The Hall–Kier alpha value is -2.23. The lowest BCUT2D eigenvalue weighted by atomic mass is 10.1. The summed E-state index contributed by atoms with van der Waals surface area (Å²) in [6, 6.07) is 5.47. The lowest BCUT2D eigenvalue weighted by Gasteiger charge is -2.08. The number of nitrogens with zero attached hydrogens (tertiary/aromatic N) is 2. The molecule has 4 heteroatoms. The summed E-state index contributed by atoms with van der Waals surface area (Å²) in [7, 11) is 0. The molecule has 1 aromatic carbocycles. The van der Waals surface area contributed by atoms with Gasteiger partial charge in [0.1, 0.15) is 11.6 Å². The largest absolute Gasteiger partial charge is 0.493 e. The summed E-state index contributed by atoms with van der Waals surface area (Å²) in [5.74, 6) is 1.32. The lowest BCUT2D eigenvalue weighted by Crippen LogP contribution is -1.96. The molecule has 1 heterocycles. The molecule has 0 fully saturated rings. The minimum Gasteiger partial charge on any atom is -0.493 e. The van der Waals surface area contributed by atoms with Crippen molar-refractivity contribution in [3.63, 3.8) is 0 Å². The molecule has 0 N–H and O–H groups in total. The van der Waals surface area contributed by atoms with Crippen molar-refractivity contribution < 1.29 is 9.53 Å². The summed E-state index contributed by atoms with van der Waals surface area (Å²) in [6.45, 7) is 4.25. The van der Waals surface area contributed by atoms with E-state index in [9.17, 15) is 4.79 Å². The number of aryl methyl sites for hydroxylation is 1. The first-order valence-electron chi connectivity index (χ1n) is 5.75. The van der Waals surface area contributed by atoms with Gasteiger partial charge in [0.2, 0.25) is 0 Å². The first kappa shape index (κ1) is 12.2. The molecule has 0 radical (unpaired) electrons. The van der Waals surface area contributed by atoms with E-state index in [0.29, 0.717) is 17.9 Å². The van der Waals surface area contributed by atoms with E-state index in [1.54, 1.807) is 24.5 Å². The van der Waals surface area contributed by atoms with E-state index in [2.05, 4.69) is 9.97 Å². The van der Waals surface area contributed by atoms with Crippen molar-refractivity contribution in [1.82, 2.24) is 9.97 Å². The highest BCUT2D eigenvalue weighted by Crippen LogP contribution is 2.25. The molecule has 2 aromatic rings. The number of aromatic nitrogens is 2. The van der Waals surface area contributed by atoms with Crippen molar-refractivity contribution in [1.29, 1.82) is 0 Å². The summed E-state index contributed by atoms with van der Waals surface area (Å²) in [5.41, 5.74) is 2.32. The number of carbonyl (C=O) groups excluding carboxylic acids is 1. The number of benzene rings is 1. The number of ether oxygens (including phenoxy) is 1. The van der Waals surface area contributed by atoms with Crippen molar-refractivity contribution in [3.05, 3.63) is 42.0 Å². The zero-order valence-corrected chi connectivity index (χ0v) is 10.4. The van der Waals surface area contributed by atoms with Gasteiger partial charge in [-0.2, -0.15) is 0 Å². The Morgan fingerprint density at radius 2 is 1.94 bits per heavy atom. The van der Waals surface area contributed by atoms with E-state index < -0.39 is 0 Å². The van der Waals surface area contributed by atoms with Gasteiger partial charge in [0.25, 0.3) is 0 Å². The molecule has 2 rings (SSSR count). The van der Waals surface area contributed by atoms with Crippen LogP contribution < -0.4 is 4.74 Å². The Bertz CT molecular complexity index is 550. The van der Waals surface area contributed by atoms with Crippen molar-refractivity contribution >= 4 is 6.29 Å². The summed E-state index contributed by atoms with van der Waals surface area (Å²) < 4.78 is 5.38. The number of hydrogen-bond donors (Lipinski definition) is 0. The molecule has 0 aliphatic carbocycles. The van der Waals surface area contributed by atoms with Gasteiger partial charge in [-0.05, 0) is 31.5 Å². The molecule has 18 heavy (non-hydrogen) atoms. The molecule has 4 nitrogen and oxygen atoms in total. The van der Waals surface area contributed by atoms with E-state index >= 15 is 0 Å². The van der Waals surface area contributed by atoms with E-state index in [4.69, 9.17) is 4.74 Å². The van der Waals surface area contributed by atoms with Crippen LogP contribution >= 0.6 is 0 Å². The first-order chi connectivity index (χ1) is 8.74. The van der Waals surface area contributed by atoms with Gasteiger partial charge >= 0.3 is 0 Å². The molecule has 1 aromatic heterocycles. The third-order valence-corrected chi connectivity index (χ3v) is 2.55. The van der Waals surface area contributed by atoms with Gasteiger partial charge in [-0.1, -0.05) is 6.07 Å². The van der Waals surface area contributed by atoms with Crippen LogP contribution in [0.4, 0.5) is 0 Å². The minimum atomic E-state index is 0.536. The standard InChI is InChI=1S/C14H14N2O2/c1-3-18-14-5-4-11(6-12(14)9-17)13-7-15-10(2)16-8-13/h4-9H,3H2,1-2H3. The molecule has 0 saturated carbocycles. The highest BCUT2D eigenvalue weighted by Gasteiger charge is 2.06. The maximum atomic E-state index is 11.0. The van der Waals surface area contributed by atoms with E-state index in [-0.39, 0.29) is 0 Å². The zero-order chi connectivity index (χ0) is 13.0. The number of hydrogen-bond acceptors (Lipinski definition) is 4. The van der Waals surface area contributed by atoms with Crippen LogP contribution in [0.25, 0.3) is 11.1 Å². The average molecular weight is 242 g/mol. The number of rotatable bonds is 4. The summed E-state index contributed by atoms with van der Waals surface area (Å²) in [4.78, 5) is 19.3. The van der Waals surface area contributed by atoms with Gasteiger partial charge in [-0.25, -0.2) is 9.97 Å².